The van der Waals surface area contributed by atoms with Crippen molar-refractivity contribution in [1.82, 2.24) is 25.5 Å². The molecule has 0 saturated carbocycles. The summed E-state index contributed by atoms with van der Waals surface area (Å²) in [5.41, 5.74) is 0.394. The maximum absolute atomic E-state index is 11.6. The molecule has 2 rings (SSSR count). The fourth-order valence-corrected chi connectivity index (χ4v) is 1.48. The molecule has 0 aromatic carbocycles. The highest BCUT2D eigenvalue weighted by Gasteiger charge is 2.06. The van der Waals surface area contributed by atoms with Gasteiger partial charge in [0.05, 0.1) is 0 Å². The molecule has 0 unspecified atom stereocenters. The lowest BCUT2D eigenvalue weighted by atomic mass is 10.3. The van der Waals surface area contributed by atoms with Crippen molar-refractivity contribution in [3.05, 3.63) is 40.6 Å². The maximum atomic E-state index is 11.6. The number of carbonyl (C=O) groups is 1. The summed E-state index contributed by atoms with van der Waals surface area (Å²) in [4.78, 5) is 19.6. The van der Waals surface area contributed by atoms with Gasteiger partial charge in [-0.15, -0.1) is 0 Å². The van der Waals surface area contributed by atoms with E-state index in [0.29, 0.717) is 18.7 Å². The predicted molar refractivity (Wildman–Crippen MR) is 64.4 cm³/mol. The largest absolute Gasteiger partial charge is 0.350 e. The van der Waals surface area contributed by atoms with Gasteiger partial charge in [0.15, 0.2) is 0 Å². The minimum atomic E-state index is -0.197. The zero-order valence-corrected chi connectivity index (χ0v) is 10.4. The predicted octanol–water partition coefficient (Wildman–Crippen LogP) is 0.935. The number of halogens is 1. The molecule has 2 aromatic heterocycles. The van der Waals surface area contributed by atoms with Crippen molar-refractivity contribution >= 4 is 21.8 Å². The third-order valence-corrected chi connectivity index (χ3v) is 2.54. The number of hydrogen-bond donors (Lipinski definition) is 2. The van der Waals surface area contributed by atoms with Crippen LogP contribution >= 0.6 is 15.9 Å². The molecule has 0 aliphatic carbocycles. The Morgan fingerprint density at radius 2 is 2.29 bits per heavy atom. The zero-order chi connectivity index (χ0) is 12.1. The van der Waals surface area contributed by atoms with E-state index in [9.17, 15) is 4.79 Å². The molecular formula is C10H10BrN5O. The Labute approximate surface area is 106 Å². The average Bonchev–Trinajstić information content (AvgIpc) is 2.83. The molecule has 0 spiro atoms. The molecule has 6 nitrogen and oxygen atoms in total. The van der Waals surface area contributed by atoms with Crippen LogP contribution in [0.4, 0.5) is 0 Å². The van der Waals surface area contributed by atoms with E-state index in [1.54, 1.807) is 18.3 Å². The van der Waals surface area contributed by atoms with Crippen LogP contribution in [-0.2, 0) is 6.42 Å². The van der Waals surface area contributed by atoms with Crippen LogP contribution in [0.2, 0.25) is 0 Å². The van der Waals surface area contributed by atoms with Gasteiger partial charge in [0.25, 0.3) is 5.91 Å². The van der Waals surface area contributed by atoms with Crippen LogP contribution in [0.25, 0.3) is 0 Å². The van der Waals surface area contributed by atoms with E-state index < -0.39 is 0 Å². The smallest absolute Gasteiger partial charge is 0.269 e. The first-order valence-electron chi connectivity index (χ1n) is 4.99. The average molecular weight is 296 g/mol. The lowest BCUT2D eigenvalue weighted by molar-refractivity contribution is 0.0949. The Morgan fingerprint density at radius 3 is 2.94 bits per heavy atom. The normalized spacial score (nSPS) is 10.2. The number of carbonyl (C=O) groups excluding carboxylic acids is 1. The number of aromatic nitrogens is 4. The molecule has 2 heterocycles. The molecule has 2 aromatic rings. The molecule has 0 bridgehead atoms. The molecule has 0 atom stereocenters. The van der Waals surface area contributed by atoms with Gasteiger partial charge in [-0.2, -0.15) is 5.10 Å². The van der Waals surface area contributed by atoms with Crippen LogP contribution < -0.4 is 5.32 Å². The first-order chi connectivity index (χ1) is 8.25. The molecule has 0 aliphatic heterocycles. The summed E-state index contributed by atoms with van der Waals surface area (Å²) < 4.78 is 0.843. The molecule has 17 heavy (non-hydrogen) atoms. The molecule has 0 saturated heterocycles. The number of nitrogens with zero attached hydrogens (tertiary/aromatic N) is 3. The summed E-state index contributed by atoms with van der Waals surface area (Å²) in [5, 5.41) is 9.20. The van der Waals surface area contributed by atoms with E-state index in [0.717, 1.165) is 10.3 Å². The first kappa shape index (κ1) is 11.7. The highest BCUT2D eigenvalue weighted by Crippen LogP contribution is 2.07. The topological polar surface area (TPSA) is 83.6 Å². The third-order valence-electron chi connectivity index (χ3n) is 2.07. The van der Waals surface area contributed by atoms with Crippen molar-refractivity contribution in [2.45, 2.75) is 6.42 Å². The van der Waals surface area contributed by atoms with Crippen LogP contribution in [0, 0.1) is 0 Å². The SMILES string of the molecule is O=C(NCCc1ncn[nH]1)c1ccc(Br)cn1. The van der Waals surface area contributed by atoms with Gasteiger partial charge in [-0.25, -0.2) is 9.97 Å². The van der Waals surface area contributed by atoms with Crippen molar-refractivity contribution in [3.63, 3.8) is 0 Å². The molecule has 88 valence electrons. The fourth-order valence-electron chi connectivity index (χ4n) is 1.25. The van der Waals surface area contributed by atoms with Gasteiger partial charge in [-0.3, -0.25) is 9.89 Å². The lowest BCUT2D eigenvalue weighted by Crippen LogP contribution is -2.26. The quantitative estimate of drug-likeness (QED) is 0.879. The summed E-state index contributed by atoms with van der Waals surface area (Å²) in [6.07, 6.45) is 3.64. The van der Waals surface area contributed by atoms with E-state index in [1.165, 1.54) is 6.33 Å². The Morgan fingerprint density at radius 1 is 1.41 bits per heavy atom. The van der Waals surface area contributed by atoms with Crippen LogP contribution in [0.5, 0.6) is 0 Å². The van der Waals surface area contributed by atoms with Gasteiger partial charge < -0.3 is 5.32 Å². The molecule has 7 heteroatoms. The summed E-state index contributed by atoms with van der Waals surface area (Å²) in [6.45, 7) is 0.492. The van der Waals surface area contributed by atoms with Gasteiger partial charge in [-0.05, 0) is 28.1 Å². The second-order valence-corrected chi connectivity index (χ2v) is 4.22. The first-order valence-corrected chi connectivity index (χ1v) is 5.79. The Balaban J connectivity index is 1.83. The van der Waals surface area contributed by atoms with E-state index in [1.807, 2.05) is 0 Å². The summed E-state index contributed by atoms with van der Waals surface area (Å²) in [5.74, 6) is 0.547. The molecule has 0 aliphatic rings. The summed E-state index contributed by atoms with van der Waals surface area (Å²) in [6, 6.07) is 3.44. The second kappa shape index (κ2) is 5.53. The standard InChI is InChI=1S/C10H10BrN5O/c11-7-1-2-8(13-5-7)10(17)12-4-3-9-14-6-15-16-9/h1-2,5-6H,3-4H2,(H,12,17)(H,14,15,16). The van der Waals surface area contributed by atoms with E-state index >= 15 is 0 Å². The molecule has 2 N–H and O–H groups in total. The minimum absolute atomic E-state index is 0.197. The van der Waals surface area contributed by atoms with E-state index in [-0.39, 0.29) is 5.91 Å². The molecule has 0 fully saturated rings. The Kier molecular flexibility index (Phi) is 3.81. The number of hydrogen-bond acceptors (Lipinski definition) is 4. The van der Waals surface area contributed by atoms with Gasteiger partial charge >= 0.3 is 0 Å². The van der Waals surface area contributed by atoms with Gasteiger partial charge in [-0.1, -0.05) is 0 Å². The van der Waals surface area contributed by atoms with Gasteiger partial charge in [0.2, 0.25) is 0 Å². The molecule has 0 radical (unpaired) electrons. The second-order valence-electron chi connectivity index (χ2n) is 3.30. The Bertz CT molecular complexity index is 482. The van der Waals surface area contributed by atoms with Crippen molar-refractivity contribution in [3.8, 4) is 0 Å². The fraction of sp³-hybridized carbons (Fsp3) is 0.200. The van der Waals surface area contributed by atoms with E-state index in [4.69, 9.17) is 0 Å². The summed E-state index contributed by atoms with van der Waals surface area (Å²) >= 11 is 3.26. The minimum Gasteiger partial charge on any atom is -0.350 e. The number of nitrogens with one attached hydrogen (secondary N) is 2. The van der Waals surface area contributed by atoms with Crippen molar-refractivity contribution < 1.29 is 4.79 Å². The summed E-state index contributed by atoms with van der Waals surface area (Å²) in [7, 11) is 0. The van der Waals surface area contributed by atoms with Crippen LogP contribution in [0.1, 0.15) is 16.3 Å². The van der Waals surface area contributed by atoms with E-state index in [2.05, 4.69) is 41.4 Å². The highest BCUT2D eigenvalue weighted by molar-refractivity contribution is 9.10. The number of rotatable bonds is 4. The van der Waals surface area contributed by atoms with Crippen LogP contribution in [0.15, 0.2) is 29.1 Å². The number of aromatic amines is 1. The number of H-pyrrole nitrogens is 1. The van der Waals surface area contributed by atoms with Gasteiger partial charge in [0.1, 0.15) is 17.8 Å². The highest BCUT2D eigenvalue weighted by atomic mass is 79.9. The van der Waals surface area contributed by atoms with Crippen LogP contribution in [0.3, 0.4) is 0 Å². The van der Waals surface area contributed by atoms with Crippen molar-refractivity contribution in [2.24, 2.45) is 0 Å². The zero-order valence-electron chi connectivity index (χ0n) is 8.85. The Hall–Kier alpha value is -1.76. The monoisotopic (exact) mass is 295 g/mol. The maximum Gasteiger partial charge on any atom is 0.269 e. The van der Waals surface area contributed by atoms with Gasteiger partial charge in [0, 0.05) is 23.6 Å². The number of pyridine rings is 1. The lowest BCUT2D eigenvalue weighted by Gasteiger charge is -2.02. The van der Waals surface area contributed by atoms with Crippen LogP contribution in [-0.4, -0.2) is 32.6 Å². The number of amides is 1. The van der Waals surface area contributed by atoms with Crippen molar-refractivity contribution in [1.29, 1.82) is 0 Å². The molecule has 1 amide bonds. The van der Waals surface area contributed by atoms with Crippen molar-refractivity contribution in [2.75, 3.05) is 6.54 Å². The third kappa shape index (κ3) is 3.35. The molecular weight excluding hydrogens is 286 g/mol.